The van der Waals surface area contributed by atoms with Crippen LogP contribution in [0.2, 0.25) is 0 Å². The van der Waals surface area contributed by atoms with Gasteiger partial charge in [0.2, 0.25) is 0 Å². The van der Waals surface area contributed by atoms with Gasteiger partial charge in [0.25, 0.3) is 0 Å². The predicted molar refractivity (Wildman–Crippen MR) is 80.8 cm³/mol. The average molecular weight is 259 g/mol. The molecule has 2 rings (SSSR count). The molecule has 0 amide bonds. The van der Waals surface area contributed by atoms with Crippen LogP contribution in [-0.2, 0) is 4.79 Å². The Morgan fingerprint density at radius 1 is 1.05 bits per heavy atom. The highest BCUT2D eigenvalue weighted by Gasteiger charge is 2.19. The molecule has 1 saturated carbocycles. The largest absolute Gasteiger partial charge is 0.384 e. The molecule has 1 aromatic rings. The second-order valence-electron chi connectivity index (χ2n) is 6.00. The van der Waals surface area contributed by atoms with Gasteiger partial charge < -0.3 is 5.32 Å². The van der Waals surface area contributed by atoms with Crippen LogP contribution in [0.3, 0.4) is 0 Å². The van der Waals surface area contributed by atoms with Crippen molar-refractivity contribution >= 4 is 11.5 Å². The monoisotopic (exact) mass is 259 g/mol. The lowest BCUT2D eigenvalue weighted by Crippen LogP contribution is -2.21. The number of benzene rings is 1. The van der Waals surface area contributed by atoms with E-state index < -0.39 is 0 Å². The van der Waals surface area contributed by atoms with Crippen LogP contribution in [0, 0.1) is 33.6 Å². The first-order valence-corrected chi connectivity index (χ1v) is 7.32. The van der Waals surface area contributed by atoms with Crippen LogP contribution in [-0.4, -0.2) is 12.3 Å². The van der Waals surface area contributed by atoms with Gasteiger partial charge in [-0.05, 0) is 68.7 Å². The molecule has 0 aliphatic heterocycles. The zero-order chi connectivity index (χ0) is 14.0. The molecule has 0 unspecified atom stereocenters. The number of rotatable bonds is 3. The maximum atomic E-state index is 11.3. The van der Waals surface area contributed by atoms with E-state index in [-0.39, 0.29) is 0 Å². The summed E-state index contributed by atoms with van der Waals surface area (Å²) in [5.41, 5.74) is 6.72. The van der Waals surface area contributed by atoms with Crippen molar-refractivity contribution in [1.29, 1.82) is 0 Å². The van der Waals surface area contributed by atoms with Crippen LogP contribution in [0.15, 0.2) is 6.07 Å². The van der Waals surface area contributed by atoms with E-state index >= 15 is 0 Å². The molecule has 104 valence electrons. The first-order valence-electron chi connectivity index (χ1n) is 7.32. The maximum absolute atomic E-state index is 11.3. The van der Waals surface area contributed by atoms with Gasteiger partial charge in [0.05, 0.1) is 0 Å². The fourth-order valence-corrected chi connectivity index (χ4v) is 2.93. The Bertz CT molecular complexity index is 454. The van der Waals surface area contributed by atoms with Crippen LogP contribution < -0.4 is 5.32 Å². The molecule has 2 heteroatoms. The molecular formula is C17H25NO. The molecule has 0 atom stereocenters. The fraction of sp³-hybridized carbons (Fsp3) is 0.588. The minimum atomic E-state index is 0.440. The van der Waals surface area contributed by atoms with E-state index in [0.717, 1.165) is 32.2 Å². The Kier molecular flexibility index (Phi) is 4.28. The lowest BCUT2D eigenvalue weighted by molar-refractivity contribution is -0.120. The van der Waals surface area contributed by atoms with Crippen LogP contribution in [0.4, 0.5) is 5.69 Å². The maximum Gasteiger partial charge on any atom is 0.132 e. The molecule has 1 aliphatic carbocycles. The van der Waals surface area contributed by atoms with E-state index in [9.17, 15) is 4.79 Å². The smallest absolute Gasteiger partial charge is 0.132 e. The Balaban J connectivity index is 2.05. The third-order valence-electron chi connectivity index (χ3n) is 4.60. The zero-order valence-corrected chi connectivity index (χ0v) is 12.6. The molecule has 1 N–H and O–H groups in total. The molecule has 1 aromatic carbocycles. The van der Waals surface area contributed by atoms with E-state index in [2.05, 4.69) is 39.1 Å². The van der Waals surface area contributed by atoms with E-state index in [0.29, 0.717) is 11.7 Å². The quantitative estimate of drug-likeness (QED) is 0.885. The highest BCUT2D eigenvalue weighted by Crippen LogP contribution is 2.28. The van der Waals surface area contributed by atoms with Gasteiger partial charge >= 0.3 is 0 Å². The number of nitrogens with one attached hydrogen (secondary N) is 1. The van der Waals surface area contributed by atoms with E-state index in [1.807, 2.05) is 0 Å². The molecular weight excluding hydrogens is 234 g/mol. The van der Waals surface area contributed by atoms with Gasteiger partial charge in [0.15, 0.2) is 0 Å². The number of carbonyl (C=O) groups excluding carboxylic acids is 1. The summed E-state index contributed by atoms with van der Waals surface area (Å²) in [5.74, 6) is 1.09. The van der Waals surface area contributed by atoms with Gasteiger partial charge in [-0.15, -0.1) is 0 Å². The lowest BCUT2D eigenvalue weighted by atomic mass is 9.88. The van der Waals surface area contributed by atoms with Crippen molar-refractivity contribution in [3.05, 3.63) is 28.3 Å². The number of Topliss-reactive ketones (excluding diaryl/α,β-unsaturated/α-hetero) is 1. The first kappa shape index (κ1) is 14.1. The molecule has 19 heavy (non-hydrogen) atoms. The summed E-state index contributed by atoms with van der Waals surface area (Å²) in [6.07, 6.45) is 3.65. The topological polar surface area (TPSA) is 29.1 Å². The van der Waals surface area contributed by atoms with Crippen LogP contribution >= 0.6 is 0 Å². The average Bonchev–Trinajstić information content (AvgIpc) is 2.38. The summed E-state index contributed by atoms with van der Waals surface area (Å²) in [6, 6.07) is 2.26. The SMILES string of the molecule is Cc1cc(C)c(C)c(NCC2CCC(=O)CC2)c1C. The van der Waals surface area contributed by atoms with E-state index in [1.54, 1.807) is 0 Å². The first-order chi connectivity index (χ1) is 8.99. The Labute approximate surface area is 116 Å². The molecule has 0 spiro atoms. The lowest BCUT2D eigenvalue weighted by Gasteiger charge is -2.24. The van der Waals surface area contributed by atoms with Gasteiger partial charge in [-0.3, -0.25) is 4.79 Å². The van der Waals surface area contributed by atoms with Gasteiger partial charge in [0.1, 0.15) is 5.78 Å². The van der Waals surface area contributed by atoms with E-state index in [4.69, 9.17) is 0 Å². The standard InChI is InChI=1S/C17H25NO/c1-11-9-12(2)14(4)17(13(11)3)18-10-15-5-7-16(19)8-6-15/h9,15,18H,5-8,10H2,1-4H3. The normalized spacial score (nSPS) is 16.7. The van der Waals surface area contributed by atoms with Crippen molar-refractivity contribution in [2.24, 2.45) is 5.92 Å². The molecule has 0 saturated heterocycles. The van der Waals surface area contributed by atoms with Crippen molar-refractivity contribution in [2.75, 3.05) is 11.9 Å². The summed E-state index contributed by atoms with van der Waals surface area (Å²) >= 11 is 0. The third kappa shape index (κ3) is 3.17. The fourth-order valence-electron chi connectivity index (χ4n) is 2.93. The Morgan fingerprint density at radius 2 is 1.58 bits per heavy atom. The number of hydrogen-bond acceptors (Lipinski definition) is 2. The highest BCUT2D eigenvalue weighted by atomic mass is 16.1. The van der Waals surface area contributed by atoms with Crippen molar-refractivity contribution in [1.82, 2.24) is 0 Å². The molecule has 1 aliphatic rings. The van der Waals surface area contributed by atoms with E-state index in [1.165, 1.54) is 27.9 Å². The molecule has 2 nitrogen and oxygen atoms in total. The molecule has 0 bridgehead atoms. The summed E-state index contributed by atoms with van der Waals surface area (Å²) < 4.78 is 0. The Morgan fingerprint density at radius 3 is 2.11 bits per heavy atom. The van der Waals surface area contributed by atoms with Gasteiger partial charge in [0, 0.05) is 25.1 Å². The Hall–Kier alpha value is -1.31. The summed E-state index contributed by atoms with van der Waals surface area (Å²) in [5, 5.41) is 3.64. The van der Waals surface area contributed by atoms with Crippen LogP contribution in [0.25, 0.3) is 0 Å². The zero-order valence-electron chi connectivity index (χ0n) is 12.6. The summed E-state index contributed by atoms with van der Waals surface area (Å²) in [6.45, 7) is 9.72. The number of anilines is 1. The van der Waals surface area contributed by atoms with Crippen LogP contribution in [0.5, 0.6) is 0 Å². The summed E-state index contributed by atoms with van der Waals surface area (Å²) in [4.78, 5) is 11.3. The van der Waals surface area contributed by atoms with Crippen molar-refractivity contribution in [3.8, 4) is 0 Å². The number of carbonyl (C=O) groups is 1. The highest BCUT2D eigenvalue weighted by molar-refractivity contribution is 5.79. The van der Waals surface area contributed by atoms with Crippen molar-refractivity contribution in [2.45, 2.75) is 53.4 Å². The second kappa shape index (κ2) is 5.77. The van der Waals surface area contributed by atoms with Crippen molar-refractivity contribution < 1.29 is 4.79 Å². The molecule has 1 fully saturated rings. The predicted octanol–water partition coefficient (Wildman–Crippen LogP) is 4.09. The third-order valence-corrected chi connectivity index (χ3v) is 4.60. The summed E-state index contributed by atoms with van der Waals surface area (Å²) in [7, 11) is 0. The second-order valence-corrected chi connectivity index (χ2v) is 6.00. The number of aryl methyl sites for hydroxylation is 2. The number of ketones is 1. The van der Waals surface area contributed by atoms with Gasteiger partial charge in [-0.2, -0.15) is 0 Å². The number of hydrogen-bond donors (Lipinski definition) is 1. The van der Waals surface area contributed by atoms with Gasteiger partial charge in [-0.1, -0.05) is 6.07 Å². The van der Waals surface area contributed by atoms with Gasteiger partial charge in [-0.25, -0.2) is 0 Å². The molecule has 0 aromatic heterocycles. The van der Waals surface area contributed by atoms with Crippen LogP contribution in [0.1, 0.15) is 47.9 Å². The molecule has 0 heterocycles. The molecule has 0 radical (unpaired) electrons. The minimum absolute atomic E-state index is 0.440. The minimum Gasteiger partial charge on any atom is -0.384 e. The van der Waals surface area contributed by atoms with Crippen molar-refractivity contribution in [3.63, 3.8) is 0 Å².